The van der Waals surface area contributed by atoms with Crippen molar-refractivity contribution in [1.29, 1.82) is 0 Å². The third kappa shape index (κ3) is 6.58. The van der Waals surface area contributed by atoms with Crippen LogP contribution in [0.25, 0.3) is 0 Å². The molecule has 0 spiro atoms. The molecule has 0 saturated carbocycles. The Hall–Kier alpha value is -2.57. The zero-order valence-corrected chi connectivity index (χ0v) is 15.9. The first-order chi connectivity index (χ1) is 13.2. The highest BCUT2D eigenvalue weighted by molar-refractivity contribution is 6.15. The van der Waals surface area contributed by atoms with E-state index >= 15 is 0 Å². The fraction of sp³-hybridized carbons (Fsp3) is 0.250. The number of alkyl halides is 1. The van der Waals surface area contributed by atoms with Crippen LogP contribution < -0.4 is 11.1 Å². The predicted molar refractivity (Wildman–Crippen MR) is 107 cm³/mol. The van der Waals surface area contributed by atoms with E-state index in [1.54, 1.807) is 18.3 Å². The van der Waals surface area contributed by atoms with Crippen LogP contribution in [-0.2, 0) is 6.42 Å². The second kappa shape index (κ2) is 11.2. The summed E-state index contributed by atoms with van der Waals surface area (Å²) in [6, 6.07) is 15.9. The summed E-state index contributed by atoms with van der Waals surface area (Å²) < 4.78 is 13.0. The number of halogens is 2. The van der Waals surface area contributed by atoms with E-state index in [2.05, 4.69) is 44.2 Å². The summed E-state index contributed by atoms with van der Waals surface area (Å²) in [5, 5.41) is 11.3. The lowest BCUT2D eigenvalue weighted by molar-refractivity contribution is 0.626. The van der Waals surface area contributed by atoms with E-state index in [-0.39, 0.29) is 5.82 Å². The van der Waals surface area contributed by atoms with E-state index in [1.165, 1.54) is 24.1 Å². The average molecular weight is 388 g/mol. The van der Waals surface area contributed by atoms with Gasteiger partial charge in [0.1, 0.15) is 11.5 Å². The zero-order chi connectivity index (χ0) is 19.5. The number of nitrogens with one attached hydrogen (secondary N) is 1. The Kier molecular flexibility index (Phi) is 8.61. The second-order valence-corrected chi connectivity index (χ2v) is 5.75. The Morgan fingerprint density at radius 1 is 1.04 bits per heavy atom. The van der Waals surface area contributed by atoms with E-state index in [0.29, 0.717) is 11.6 Å². The van der Waals surface area contributed by atoms with Gasteiger partial charge in [0.25, 0.3) is 0 Å². The molecule has 0 amide bonds. The molecule has 0 fully saturated rings. The Morgan fingerprint density at radius 3 is 2.37 bits per heavy atom. The van der Waals surface area contributed by atoms with E-state index in [0.717, 1.165) is 24.9 Å². The van der Waals surface area contributed by atoms with Gasteiger partial charge in [-0.3, -0.25) is 0 Å². The quantitative estimate of drug-likeness (QED) is 0.474. The summed E-state index contributed by atoms with van der Waals surface area (Å²) in [6.45, 7) is 0.764. The van der Waals surface area contributed by atoms with Gasteiger partial charge in [-0.25, -0.2) is 9.37 Å². The van der Waals surface area contributed by atoms with E-state index in [9.17, 15) is 4.39 Å². The molecule has 7 heteroatoms. The molecule has 0 aliphatic carbocycles. The Labute approximate surface area is 163 Å². The van der Waals surface area contributed by atoms with Crippen molar-refractivity contribution in [2.75, 3.05) is 18.2 Å². The third-order valence-corrected chi connectivity index (χ3v) is 3.90. The van der Waals surface area contributed by atoms with Crippen molar-refractivity contribution in [3.8, 4) is 0 Å². The maximum Gasteiger partial charge on any atom is 0.242 e. The van der Waals surface area contributed by atoms with Gasteiger partial charge in [-0.1, -0.05) is 42.5 Å². The van der Waals surface area contributed by atoms with Crippen molar-refractivity contribution in [2.24, 2.45) is 5.73 Å². The van der Waals surface area contributed by atoms with Crippen molar-refractivity contribution < 1.29 is 4.39 Å². The normalized spacial score (nSPS) is 11.3. The Morgan fingerprint density at radius 2 is 1.74 bits per heavy atom. The highest BCUT2D eigenvalue weighted by atomic mass is 35.5. The van der Waals surface area contributed by atoms with Crippen molar-refractivity contribution in [1.82, 2.24) is 15.2 Å². The van der Waals surface area contributed by atoms with Crippen molar-refractivity contribution in [3.63, 3.8) is 0 Å². The topological polar surface area (TPSA) is 76.7 Å². The van der Waals surface area contributed by atoms with Gasteiger partial charge in [0.05, 0.1) is 12.2 Å². The molecule has 3 aromatic rings. The second-order valence-electron chi connectivity index (χ2n) is 5.75. The summed E-state index contributed by atoms with van der Waals surface area (Å²) in [7, 11) is 0. The monoisotopic (exact) mass is 387 g/mol. The molecule has 0 aliphatic rings. The molecular weight excluding hydrogens is 365 g/mol. The number of rotatable bonds is 7. The zero-order valence-electron chi connectivity index (χ0n) is 15.1. The molecule has 1 atom stereocenters. The van der Waals surface area contributed by atoms with Gasteiger partial charge < -0.3 is 11.1 Å². The molecule has 142 valence electrons. The molecule has 5 nitrogen and oxygen atoms in total. The number of benzene rings is 2. The van der Waals surface area contributed by atoms with Gasteiger partial charge in [-0.05, 0) is 36.1 Å². The molecule has 0 radical (unpaired) electrons. The Balaban J connectivity index is 0.00000126. The maximum absolute atomic E-state index is 13.0. The summed E-state index contributed by atoms with van der Waals surface area (Å²) in [6.07, 6.45) is 5.04. The van der Waals surface area contributed by atoms with Crippen LogP contribution in [0.3, 0.4) is 0 Å². The number of aromatic nitrogens is 3. The molecular formula is C20H23ClFN5. The van der Waals surface area contributed by atoms with Gasteiger partial charge in [0, 0.05) is 12.9 Å². The van der Waals surface area contributed by atoms with Crippen molar-refractivity contribution >= 4 is 17.5 Å². The molecule has 0 bridgehead atoms. The van der Waals surface area contributed by atoms with Crippen LogP contribution in [0, 0.1) is 5.82 Å². The van der Waals surface area contributed by atoms with Gasteiger partial charge in [0.15, 0.2) is 0 Å². The summed E-state index contributed by atoms with van der Waals surface area (Å²) in [5.74, 6) is 0.179. The highest BCUT2D eigenvalue weighted by Crippen LogP contribution is 2.17. The van der Waals surface area contributed by atoms with Crippen LogP contribution in [-0.4, -0.2) is 28.1 Å². The Bertz CT molecular complexity index is 782. The molecule has 3 rings (SSSR count). The van der Waals surface area contributed by atoms with Crippen LogP contribution in [0.5, 0.6) is 0 Å². The van der Waals surface area contributed by atoms with Crippen LogP contribution in [0.4, 0.5) is 10.3 Å². The number of anilines is 1. The van der Waals surface area contributed by atoms with E-state index in [1.807, 2.05) is 18.2 Å². The first-order valence-corrected chi connectivity index (χ1v) is 9.34. The smallest absolute Gasteiger partial charge is 0.242 e. The first kappa shape index (κ1) is 20.7. The van der Waals surface area contributed by atoms with E-state index < -0.39 is 6.04 Å². The van der Waals surface area contributed by atoms with Crippen LogP contribution in [0.15, 0.2) is 60.8 Å². The molecule has 0 saturated heterocycles. The molecule has 0 aliphatic heterocycles. The molecule has 27 heavy (non-hydrogen) atoms. The predicted octanol–water partition coefficient (Wildman–Crippen LogP) is 3.96. The number of aryl methyl sites for hydroxylation is 1. The van der Waals surface area contributed by atoms with E-state index in [4.69, 9.17) is 5.73 Å². The van der Waals surface area contributed by atoms with Crippen molar-refractivity contribution in [2.45, 2.75) is 18.9 Å². The number of nitrogens with zero attached hydrogens (tertiary/aromatic N) is 3. The largest absolute Gasteiger partial charge is 0.353 e. The van der Waals surface area contributed by atoms with Crippen LogP contribution >= 0.6 is 11.6 Å². The minimum absolute atomic E-state index is 0.296. The highest BCUT2D eigenvalue weighted by Gasteiger charge is 2.12. The SMILES string of the molecule is CCl.NC(c1ccc(F)cc1)c1cnc(NCCCc2ccccc2)nn1. The molecule has 3 N–H and O–H groups in total. The lowest BCUT2D eigenvalue weighted by atomic mass is 10.1. The fourth-order valence-electron chi connectivity index (χ4n) is 2.49. The summed E-state index contributed by atoms with van der Waals surface area (Å²) >= 11 is 4.64. The maximum atomic E-state index is 13.0. The number of hydrogen-bond donors (Lipinski definition) is 2. The third-order valence-electron chi connectivity index (χ3n) is 3.90. The fourth-order valence-corrected chi connectivity index (χ4v) is 2.49. The average Bonchev–Trinajstić information content (AvgIpc) is 2.74. The summed E-state index contributed by atoms with van der Waals surface area (Å²) in [4.78, 5) is 4.25. The first-order valence-electron chi connectivity index (χ1n) is 8.58. The number of hydrogen-bond acceptors (Lipinski definition) is 5. The molecule has 1 aromatic heterocycles. The van der Waals surface area contributed by atoms with Gasteiger partial charge in [-0.2, -0.15) is 0 Å². The van der Waals surface area contributed by atoms with Gasteiger partial charge in [-0.15, -0.1) is 21.8 Å². The summed E-state index contributed by atoms with van der Waals surface area (Å²) in [5.41, 5.74) is 8.73. The van der Waals surface area contributed by atoms with Crippen LogP contribution in [0.1, 0.15) is 29.3 Å². The molecule has 2 aromatic carbocycles. The standard InChI is InChI=1S/C19H20FN5.CH3Cl/c20-16-10-8-15(9-11-16)18(21)17-13-23-19(25-24-17)22-12-4-7-14-5-2-1-3-6-14;1-2/h1-3,5-6,8-11,13,18H,4,7,12,21H2,(H,22,23,25);1H3. The number of nitrogens with two attached hydrogens (primary N) is 1. The molecule has 1 heterocycles. The van der Waals surface area contributed by atoms with Gasteiger partial charge >= 0.3 is 0 Å². The lowest BCUT2D eigenvalue weighted by Crippen LogP contribution is -2.16. The van der Waals surface area contributed by atoms with Crippen LogP contribution in [0.2, 0.25) is 0 Å². The minimum atomic E-state index is -0.479. The van der Waals surface area contributed by atoms with Gasteiger partial charge in [0.2, 0.25) is 5.95 Å². The minimum Gasteiger partial charge on any atom is -0.353 e. The van der Waals surface area contributed by atoms with Crippen molar-refractivity contribution in [3.05, 3.63) is 83.4 Å². The molecule has 1 unspecified atom stereocenters. The lowest BCUT2D eigenvalue weighted by Gasteiger charge is -2.11.